The molecule has 1 fully saturated rings. The van der Waals surface area contributed by atoms with Crippen LogP contribution >= 0.6 is 0 Å². The zero-order chi connectivity index (χ0) is 13.9. The Morgan fingerprint density at radius 3 is 2.80 bits per heavy atom. The van der Waals surface area contributed by atoms with Gasteiger partial charge in [-0.2, -0.15) is 10.2 Å². The zero-order valence-corrected chi connectivity index (χ0v) is 11.1. The molecular formula is C15H16N4O. The summed E-state index contributed by atoms with van der Waals surface area (Å²) in [4.78, 5) is 14.4. The molecule has 0 radical (unpaired) electrons. The van der Waals surface area contributed by atoms with E-state index in [0.29, 0.717) is 18.2 Å². The van der Waals surface area contributed by atoms with Crippen molar-refractivity contribution in [3.05, 3.63) is 53.9 Å². The molecule has 1 aromatic heterocycles. The van der Waals surface area contributed by atoms with Crippen LogP contribution in [-0.2, 0) is 6.54 Å². The second kappa shape index (κ2) is 5.28. The molecule has 1 aromatic carbocycles. The third-order valence-corrected chi connectivity index (χ3v) is 3.38. The molecule has 3 rings (SSSR count). The summed E-state index contributed by atoms with van der Waals surface area (Å²) in [6, 6.07) is 9.69. The standard InChI is InChI=1S/C15H16N4O/c16-13-3-1-2-11(8-13)10-19(14-4-5-14)15(20)12-6-7-17-18-9-12/h1-3,6-9,14H,4-5,10,16H2. The van der Waals surface area contributed by atoms with Gasteiger partial charge < -0.3 is 10.6 Å². The van der Waals surface area contributed by atoms with E-state index < -0.39 is 0 Å². The van der Waals surface area contributed by atoms with Crippen molar-refractivity contribution in [1.29, 1.82) is 0 Å². The molecule has 5 heteroatoms. The van der Waals surface area contributed by atoms with E-state index in [2.05, 4.69) is 10.2 Å². The smallest absolute Gasteiger partial charge is 0.256 e. The van der Waals surface area contributed by atoms with Crippen molar-refractivity contribution in [2.45, 2.75) is 25.4 Å². The lowest BCUT2D eigenvalue weighted by molar-refractivity contribution is 0.0729. The Kier molecular flexibility index (Phi) is 3.33. The van der Waals surface area contributed by atoms with Crippen LogP contribution in [0.15, 0.2) is 42.7 Å². The third-order valence-electron chi connectivity index (χ3n) is 3.38. The van der Waals surface area contributed by atoms with Gasteiger partial charge in [0.2, 0.25) is 0 Å². The molecule has 0 aliphatic heterocycles. The largest absolute Gasteiger partial charge is 0.399 e. The number of anilines is 1. The van der Waals surface area contributed by atoms with Crippen LogP contribution in [0.5, 0.6) is 0 Å². The Hall–Kier alpha value is -2.43. The van der Waals surface area contributed by atoms with Crippen LogP contribution in [0.4, 0.5) is 5.69 Å². The minimum atomic E-state index is 0.00447. The SMILES string of the molecule is Nc1cccc(CN(C(=O)c2ccnnc2)C2CC2)c1. The number of benzene rings is 1. The fourth-order valence-corrected chi connectivity index (χ4v) is 2.22. The molecule has 2 aromatic rings. The minimum Gasteiger partial charge on any atom is -0.399 e. The highest BCUT2D eigenvalue weighted by Gasteiger charge is 2.33. The Bertz CT molecular complexity index is 610. The molecule has 1 heterocycles. The lowest BCUT2D eigenvalue weighted by Crippen LogP contribution is -2.32. The number of rotatable bonds is 4. The molecule has 0 bridgehead atoms. The monoisotopic (exact) mass is 268 g/mol. The van der Waals surface area contributed by atoms with E-state index in [1.54, 1.807) is 12.3 Å². The van der Waals surface area contributed by atoms with Crippen molar-refractivity contribution >= 4 is 11.6 Å². The second-order valence-corrected chi connectivity index (χ2v) is 5.04. The summed E-state index contributed by atoms with van der Waals surface area (Å²) in [7, 11) is 0. The molecule has 1 saturated carbocycles. The summed E-state index contributed by atoms with van der Waals surface area (Å²) in [5.41, 5.74) is 8.14. The van der Waals surface area contributed by atoms with E-state index in [0.717, 1.165) is 24.1 Å². The molecular weight excluding hydrogens is 252 g/mol. The quantitative estimate of drug-likeness (QED) is 0.859. The van der Waals surface area contributed by atoms with Gasteiger partial charge in [-0.15, -0.1) is 0 Å². The number of amides is 1. The first kappa shape index (κ1) is 12.6. The number of nitrogens with zero attached hydrogens (tertiary/aromatic N) is 3. The molecule has 2 N–H and O–H groups in total. The maximum atomic E-state index is 12.5. The second-order valence-electron chi connectivity index (χ2n) is 5.04. The maximum Gasteiger partial charge on any atom is 0.256 e. The van der Waals surface area contributed by atoms with Crippen LogP contribution < -0.4 is 5.73 Å². The van der Waals surface area contributed by atoms with Gasteiger partial charge >= 0.3 is 0 Å². The molecule has 1 aliphatic rings. The first-order valence-corrected chi connectivity index (χ1v) is 6.66. The summed E-state index contributed by atoms with van der Waals surface area (Å²) in [5.74, 6) is 0.00447. The summed E-state index contributed by atoms with van der Waals surface area (Å²) in [6.45, 7) is 0.580. The number of nitrogen functional groups attached to an aromatic ring is 1. The van der Waals surface area contributed by atoms with Crippen molar-refractivity contribution in [2.24, 2.45) is 0 Å². The first-order chi connectivity index (χ1) is 9.74. The molecule has 0 spiro atoms. The normalized spacial score (nSPS) is 14.0. The summed E-state index contributed by atoms with van der Waals surface area (Å²) in [5, 5.41) is 7.48. The lowest BCUT2D eigenvalue weighted by Gasteiger charge is -2.22. The topological polar surface area (TPSA) is 72.1 Å². The summed E-state index contributed by atoms with van der Waals surface area (Å²) in [6.07, 6.45) is 5.18. The highest BCUT2D eigenvalue weighted by atomic mass is 16.2. The molecule has 0 unspecified atom stereocenters. The average molecular weight is 268 g/mol. The van der Waals surface area contributed by atoms with Gasteiger partial charge in [-0.25, -0.2) is 0 Å². The first-order valence-electron chi connectivity index (χ1n) is 6.66. The van der Waals surface area contributed by atoms with E-state index >= 15 is 0 Å². The van der Waals surface area contributed by atoms with Crippen molar-refractivity contribution in [3.63, 3.8) is 0 Å². The van der Waals surface area contributed by atoms with E-state index in [-0.39, 0.29) is 5.91 Å². The van der Waals surface area contributed by atoms with Gasteiger partial charge in [-0.1, -0.05) is 12.1 Å². The highest BCUT2D eigenvalue weighted by molar-refractivity contribution is 5.94. The van der Waals surface area contributed by atoms with Gasteiger partial charge in [-0.05, 0) is 36.6 Å². The minimum absolute atomic E-state index is 0.00447. The van der Waals surface area contributed by atoms with E-state index in [9.17, 15) is 4.79 Å². The van der Waals surface area contributed by atoms with E-state index in [1.165, 1.54) is 6.20 Å². The fraction of sp³-hybridized carbons (Fsp3) is 0.267. The van der Waals surface area contributed by atoms with Crippen LogP contribution in [-0.4, -0.2) is 27.0 Å². The average Bonchev–Trinajstić information content (AvgIpc) is 3.30. The van der Waals surface area contributed by atoms with Crippen LogP contribution in [0.3, 0.4) is 0 Å². The van der Waals surface area contributed by atoms with Crippen LogP contribution in [0.2, 0.25) is 0 Å². The Balaban J connectivity index is 1.81. The Morgan fingerprint density at radius 1 is 1.30 bits per heavy atom. The van der Waals surface area contributed by atoms with Gasteiger partial charge in [0.15, 0.2) is 0 Å². The highest BCUT2D eigenvalue weighted by Crippen LogP contribution is 2.29. The Labute approximate surface area is 117 Å². The van der Waals surface area contributed by atoms with Gasteiger partial charge in [0, 0.05) is 18.3 Å². The van der Waals surface area contributed by atoms with Gasteiger partial charge in [0.25, 0.3) is 5.91 Å². The molecule has 0 atom stereocenters. The van der Waals surface area contributed by atoms with Crippen molar-refractivity contribution < 1.29 is 4.79 Å². The van der Waals surface area contributed by atoms with Crippen molar-refractivity contribution in [2.75, 3.05) is 5.73 Å². The third kappa shape index (κ3) is 2.77. The number of aromatic nitrogens is 2. The number of carbonyl (C=O) groups is 1. The number of carbonyl (C=O) groups excluding carboxylic acids is 1. The molecule has 1 aliphatic carbocycles. The molecule has 20 heavy (non-hydrogen) atoms. The van der Waals surface area contributed by atoms with Gasteiger partial charge in [0.05, 0.1) is 18.0 Å². The van der Waals surface area contributed by atoms with Crippen LogP contribution in [0, 0.1) is 0 Å². The van der Waals surface area contributed by atoms with E-state index in [1.807, 2.05) is 29.2 Å². The lowest BCUT2D eigenvalue weighted by atomic mass is 10.1. The predicted molar refractivity (Wildman–Crippen MR) is 75.8 cm³/mol. The summed E-state index contributed by atoms with van der Waals surface area (Å²) < 4.78 is 0. The molecule has 1 amide bonds. The Morgan fingerprint density at radius 2 is 2.15 bits per heavy atom. The maximum absolute atomic E-state index is 12.5. The molecule has 5 nitrogen and oxygen atoms in total. The van der Waals surface area contributed by atoms with Crippen LogP contribution in [0.1, 0.15) is 28.8 Å². The fourth-order valence-electron chi connectivity index (χ4n) is 2.22. The zero-order valence-electron chi connectivity index (χ0n) is 11.1. The molecule has 102 valence electrons. The van der Waals surface area contributed by atoms with Crippen LogP contribution in [0.25, 0.3) is 0 Å². The van der Waals surface area contributed by atoms with E-state index in [4.69, 9.17) is 5.73 Å². The predicted octanol–water partition coefficient (Wildman–Crippen LogP) is 1.86. The molecule has 0 saturated heterocycles. The number of hydrogen-bond acceptors (Lipinski definition) is 4. The number of nitrogens with two attached hydrogens (primary N) is 1. The van der Waals surface area contributed by atoms with Crippen molar-refractivity contribution in [1.82, 2.24) is 15.1 Å². The summed E-state index contributed by atoms with van der Waals surface area (Å²) >= 11 is 0. The number of hydrogen-bond donors (Lipinski definition) is 1. The van der Waals surface area contributed by atoms with Gasteiger partial charge in [-0.3, -0.25) is 4.79 Å². The van der Waals surface area contributed by atoms with Crippen molar-refractivity contribution in [3.8, 4) is 0 Å². The van der Waals surface area contributed by atoms with Gasteiger partial charge in [0.1, 0.15) is 0 Å².